The molecule has 1 aromatic rings. The highest BCUT2D eigenvalue weighted by molar-refractivity contribution is 5.90. The molecule has 2 amide bonds. The van der Waals surface area contributed by atoms with Crippen LogP contribution in [0.15, 0.2) is 18.2 Å². The van der Waals surface area contributed by atoms with E-state index in [0.29, 0.717) is 32.2 Å². The van der Waals surface area contributed by atoms with E-state index >= 15 is 0 Å². The summed E-state index contributed by atoms with van der Waals surface area (Å²) in [6.07, 6.45) is -0.416. The molecule has 7 nitrogen and oxygen atoms in total. The Labute approximate surface area is 196 Å². The van der Waals surface area contributed by atoms with E-state index in [1.54, 1.807) is 4.90 Å². The van der Waals surface area contributed by atoms with Crippen molar-refractivity contribution in [1.29, 1.82) is 0 Å². The molecule has 0 aromatic heterocycles. The van der Waals surface area contributed by atoms with Gasteiger partial charge < -0.3 is 15.0 Å². The van der Waals surface area contributed by atoms with Crippen LogP contribution in [0.4, 0.5) is 18.9 Å². The van der Waals surface area contributed by atoms with Crippen molar-refractivity contribution in [2.45, 2.75) is 64.8 Å². The molecule has 2 aliphatic rings. The fraction of sp³-hybridized carbons (Fsp3) is 0.583. The number of carbonyl (C=O) groups is 3. The Balaban J connectivity index is 1.65. The van der Waals surface area contributed by atoms with E-state index in [1.807, 2.05) is 0 Å². The van der Waals surface area contributed by atoms with Gasteiger partial charge in [0.1, 0.15) is 11.5 Å². The summed E-state index contributed by atoms with van der Waals surface area (Å²) in [5.41, 5.74) is -0.603. The summed E-state index contributed by atoms with van der Waals surface area (Å²) >= 11 is 0. The average molecular weight is 479 g/mol. The summed E-state index contributed by atoms with van der Waals surface area (Å²) < 4.78 is 42.3. The normalized spacial score (nSPS) is 19.9. The zero-order valence-electron chi connectivity index (χ0n) is 19.0. The lowest BCUT2D eigenvalue weighted by molar-refractivity contribution is -0.274. The van der Waals surface area contributed by atoms with Gasteiger partial charge in [0.2, 0.25) is 11.8 Å². The van der Waals surface area contributed by atoms with Crippen LogP contribution in [0.25, 0.3) is 4.85 Å². The summed E-state index contributed by atoms with van der Waals surface area (Å²) in [4.78, 5) is 42.7. The first-order chi connectivity index (χ1) is 16.0. The number of piperidine rings is 1. The second kappa shape index (κ2) is 10.5. The van der Waals surface area contributed by atoms with Gasteiger partial charge in [0.15, 0.2) is 5.69 Å². The zero-order valence-corrected chi connectivity index (χ0v) is 19.0. The minimum atomic E-state index is -4.93. The maximum absolute atomic E-state index is 13.3. The van der Waals surface area contributed by atoms with Gasteiger partial charge in [0, 0.05) is 31.6 Å². The number of amides is 2. The second-order valence-electron chi connectivity index (χ2n) is 9.13. The summed E-state index contributed by atoms with van der Waals surface area (Å²) in [5.74, 6) is -1.50. The number of nitrogens with one attached hydrogen (secondary N) is 1. The monoisotopic (exact) mass is 479 g/mol. The van der Waals surface area contributed by atoms with E-state index in [2.05, 4.69) is 14.9 Å². The molecule has 10 heteroatoms. The van der Waals surface area contributed by atoms with Crippen LogP contribution in [0.3, 0.4) is 0 Å². The topological polar surface area (TPSA) is 80.1 Å². The van der Waals surface area contributed by atoms with Crippen molar-refractivity contribution in [2.24, 2.45) is 11.3 Å². The molecular weight excluding hydrogens is 451 g/mol. The molecule has 0 spiro atoms. The number of likely N-dealkylation sites (tertiary alicyclic amines) is 1. The molecule has 0 radical (unpaired) electrons. The van der Waals surface area contributed by atoms with Crippen LogP contribution in [0.1, 0.15) is 57.4 Å². The molecule has 1 N–H and O–H groups in total. The number of benzene rings is 1. The number of carbonyl (C=O) groups excluding carboxylic acids is 3. The third-order valence-electron chi connectivity index (χ3n) is 6.54. The number of rotatable bonds is 7. The first kappa shape index (κ1) is 25.5. The quantitative estimate of drug-likeness (QED) is 0.583. The van der Waals surface area contributed by atoms with Crippen LogP contribution in [0.5, 0.6) is 5.75 Å². The molecular formula is C24H28F3N3O4. The van der Waals surface area contributed by atoms with E-state index in [4.69, 9.17) is 6.57 Å². The largest absolute Gasteiger partial charge is 0.573 e. The van der Waals surface area contributed by atoms with E-state index < -0.39 is 23.4 Å². The van der Waals surface area contributed by atoms with Gasteiger partial charge in [-0.15, -0.1) is 13.2 Å². The van der Waals surface area contributed by atoms with Crippen LogP contribution in [-0.4, -0.2) is 41.9 Å². The Morgan fingerprint density at radius 1 is 1.24 bits per heavy atom. The third kappa shape index (κ3) is 6.27. The molecule has 1 aliphatic carbocycles. The molecule has 0 bridgehead atoms. The first-order valence-electron chi connectivity index (χ1n) is 11.4. The molecule has 1 aromatic carbocycles. The number of ketones is 1. The van der Waals surface area contributed by atoms with Gasteiger partial charge in [-0.3, -0.25) is 14.4 Å². The summed E-state index contributed by atoms with van der Waals surface area (Å²) in [7, 11) is 0. The molecule has 1 saturated heterocycles. The summed E-state index contributed by atoms with van der Waals surface area (Å²) in [6.45, 7) is 8.99. The second-order valence-corrected chi connectivity index (χ2v) is 9.13. The number of ether oxygens (including phenoxy) is 1. The molecule has 2 fully saturated rings. The van der Waals surface area contributed by atoms with Gasteiger partial charge in [-0.2, -0.15) is 0 Å². The minimum Gasteiger partial charge on any atom is -0.407 e. The van der Waals surface area contributed by atoms with Crippen molar-refractivity contribution >= 4 is 23.3 Å². The van der Waals surface area contributed by atoms with E-state index in [0.717, 1.165) is 18.9 Å². The average Bonchev–Trinajstić information content (AvgIpc) is 3.25. The highest BCUT2D eigenvalue weighted by atomic mass is 19.4. The molecule has 1 aliphatic heterocycles. The summed E-state index contributed by atoms with van der Waals surface area (Å²) in [6, 6.07) is 3.66. The van der Waals surface area contributed by atoms with Gasteiger partial charge >= 0.3 is 6.36 Å². The van der Waals surface area contributed by atoms with Gasteiger partial charge in [-0.1, -0.05) is 25.0 Å². The predicted octanol–water partition coefficient (Wildman–Crippen LogP) is 4.53. The molecule has 1 atom stereocenters. The molecule has 184 valence electrons. The smallest absolute Gasteiger partial charge is 0.407 e. The first-order valence-corrected chi connectivity index (χ1v) is 11.4. The highest BCUT2D eigenvalue weighted by Gasteiger charge is 2.45. The number of alkyl halides is 3. The standard InChI is InChI=1S/C24H28F3N3O4/c1-16(31)13-23(9-3-4-10-23)22(33)30-11-5-6-18(15-30)21(32)29-14-17-7-8-19(28-2)12-20(17)34-24(25,26)27/h7-8,12,18H,3-6,9-11,13-15H2,1H3,(H,29,32)/t18-/m1/s1. The van der Waals surface area contributed by atoms with Crippen molar-refractivity contribution in [3.63, 3.8) is 0 Å². The fourth-order valence-electron chi connectivity index (χ4n) is 5.01. The minimum absolute atomic E-state index is 0.0119. The van der Waals surface area contributed by atoms with Gasteiger partial charge in [0.25, 0.3) is 0 Å². The summed E-state index contributed by atoms with van der Waals surface area (Å²) in [5, 5.41) is 2.65. The lowest BCUT2D eigenvalue weighted by Crippen LogP contribution is -2.50. The number of nitrogens with zero attached hydrogens (tertiary/aromatic N) is 2. The van der Waals surface area contributed by atoms with Crippen molar-refractivity contribution in [3.05, 3.63) is 35.2 Å². The Morgan fingerprint density at radius 2 is 1.94 bits per heavy atom. The van der Waals surface area contributed by atoms with Gasteiger partial charge in [0.05, 0.1) is 17.9 Å². The van der Waals surface area contributed by atoms with Crippen LogP contribution in [-0.2, 0) is 20.9 Å². The van der Waals surface area contributed by atoms with E-state index in [9.17, 15) is 27.6 Å². The molecule has 1 saturated carbocycles. The van der Waals surface area contributed by atoms with Crippen molar-refractivity contribution in [2.75, 3.05) is 13.1 Å². The molecule has 3 rings (SSSR count). The van der Waals surface area contributed by atoms with Crippen LogP contribution >= 0.6 is 0 Å². The molecule has 0 unspecified atom stereocenters. The fourth-order valence-corrected chi connectivity index (χ4v) is 5.01. The SMILES string of the molecule is [C-]#[N+]c1ccc(CNC(=O)[C@@H]2CCCN(C(=O)C3(CC(C)=O)CCCC3)C2)c(OC(F)(F)F)c1. The maximum atomic E-state index is 13.3. The number of hydrogen-bond acceptors (Lipinski definition) is 4. The van der Waals surface area contributed by atoms with Gasteiger partial charge in [-0.05, 0) is 38.7 Å². The Hall–Kier alpha value is -3.09. The molecule has 1 heterocycles. The number of hydrogen-bond donors (Lipinski definition) is 1. The Kier molecular flexibility index (Phi) is 7.85. The van der Waals surface area contributed by atoms with Crippen LogP contribution in [0.2, 0.25) is 0 Å². The number of Topliss-reactive ketones (excluding diaryl/α,β-unsaturated/α-hetero) is 1. The van der Waals surface area contributed by atoms with Gasteiger partial charge in [-0.25, -0.2) is 4.85 Å². The Morgan fingerprint density at radius 3 is 2.56 bits per heavy atom. The van der Waals surface area contributed by atoms with E-state index in [1.165, 1.54) is 19.1 Å². The van der Waals surface area contributed by atoms with Crippen LogP contribution < -0.4 is 10.1 Å². The van der Waals surface area contributed by atoms with Crippen molar-refractivity contribution in [1.82, 2.24) is 10.2 Å². The lowest BCUT2D eigenvalue weighted by Gasteiger charge is -2.38. The third-order valence-corrected chi connectivity index (χ3v) is 6.54. The van der Waals surface area contributed by atoms with E-state index in [-0.39, 0.29) is 48.4 Å². The zero-order chi connectivity index (χ0) is 24.9. The van der Waals surface area contributed by atoms with Crippen LogP contribution in [0, 0.1) is 17.9 Å². The molecule has 34 heavy (non-hydrogen) atoms. The number of halogens is 3. The Bertz CT molecular complexity index is 981. The lowest BCUT2D eigenvalue weighted by atomic mass is 9.79. The highest BCUT2D eigenvalue weighted by Crippen LogP contribution is 2.43. The van der Waals surface area contributed by atoms with Crippen molar-refractivity contribution < 1.29 is 32.3 Å². The van der Waals surface area contributed by atoms with Crippen molar-refractivity contribution in [3.8, 4) is 5.75 Å². The maximum Gasteiger partial charge on any atom is 0.573 e. The predicted molar refractivity (Wildman–Crippen MR) is 117 cm³/mol.